The van der Waals surface area contributed by atoms with Gasteiger partial charge in [0.1, 0.15) is 5.82 Å². The number of amides is 1. The minimum atomic E-state index is -0.906. The van der Waals surface area contributed by atoms with E-state index in [2.05, 4.69) is 10.6 Å². The molecule has 100 valence electrons. The molecular weight excluding hydrogens is 255 g/mol. The van der Waals surface area contributed by atoms with Crippen LogP contribution >= 0.6 is 0 Å². The molecule has 1 rings (SSSR count). The molecule has 0 saturated carbocycles. The maximum absolute atomic E-state index is 13.2. The monoisotopic (exact) mass is 272 g/mol. The Morgan fingerprint density at radius 3 is 2.72 bits per heavy atom. The zero-order chi connectivity index (χ0) is 13.5. The van der Waals surface area contributed by atoms with Crippen LogP contribution in [-0.2, 0) is 15.6 Å². The summed E-state index contributed by atoms with van der Waals surface area (Å²) in [5.41, 5.74) is 0.163. The molecule has 6 heteroatoms. The fourth-order valence-electron chi connectivity index (χ4n) is 1.43. The first-order chi connectivity index (χ1) is 8.49. The maximum atomic E-state index is 13.2. The van der Waals surface area contributed by atoms with Crippen LogP contribution in [0, 0.1) is 5.82 Å². The Hall–Kier alpha value is -1.27. The fraction of sp³-hybridized carbons (Fsp3) is 0.417. The highest BCUT2D eigenvalue weighted by molar-refractivity contribution is 7.84. The van der Waals surface area contributed by atoms with Gasteiger partial charge in [-0.25, -0.2) is 4.39 Å². The van der Waals surface area contributed by atoms with E-state index in [-0.39, 0.29) is 24.2 Å². The van der Waals surface area contributed by atoms with Crippen molar-refractivity contribution < 1.29 is 13.4 Å². The van der Waals surface area contributed by atoms with Gasteiger partial charge in [-0.05, 0) is 19.1 Å². The lowest BCUT2D eigenvalue weighted by Gasteiger charge is -2.12. The van der Waals surface area contributed by atoms with Crippen molar-refractivity contribution in [3.8, 4) is 0 Å². The quantitative estimate of drug-likeness (QED) is 0.816. The number of anilines is 1. The fourth-order valence-corrected chi connectivity index (χ4v) is 2.26. The number of rotatable bonds is 6. The maximum Gasteiger partial charge on any atom is 0.238 e. The number of nitrogens with one attached hydrogen (secondary N) is 2. The molecular formula is C12H17FN2O2S. The molecule has 1 aromatic rings. The second-order valence-corrected chi connectivity index (χ2v) is 5.53. The number of halogens is 1. The molecule has 2 N–H and O–H groups in total. The van der Waals surface area contributed by atoms with Gasteiger partial charge in [-0.15, -0.1) is 0 Å². The molecule has 0 aromatic heterocycles. The van der Waals surface area contributed by atoms with E-state index in [1.54, 1.807) is 18.4 Å². The van der Waals surface area contributed by atoms with Crippen molar-refractivity contribution in [2.75, 3.05) is 23.9 Å². The summed E-state index contributed by atoms with van der Waals surface area (Å²) in [4.78, 5) is 11.5. The van der Waals surface area contributed by atoms with Crippen molar-refractivity contribution in [2.24, 2.45) is 0 Å². The van der Waals surface area contributed by atoms with Crippen LogP contribution in [0.5, 0.6) is 0 Å². The summed E-state index contributed by atoms with van der Waals surface area (Å²) in [5, 5.41) is 5.39. The Kier molecular flexibility index (Phi) is 5.94. The standard InChI is InChI=1S/C12H17FN2O2S/c1-9(8-18(2)17)14-7-12(16)15-11-6-4-3-5-10(11)13/h3-6,9,14H,7-8H2,1-2H3,(H,15,16). The van der Waals surface area contributed by atoms with Crippen molar-refractivity contribution in [1.82, 2.24) is 5.32 Å². The predicted molar refractivity (Wildman–Crippen MR) is 71.4 cm³/mol. The molecule has 0 aliphatic carbocycles. The van der Waals surface area contributed by atoms with Crippen LogP contribution in [0.15, 0.2) is 24.3 Å². The Morgan fingerprint density at radius 2 is 2.11 bits per heavy atom. The van der Waals surface area contributed by atoms with E-state index < -0.39 is 16.6 Å². The second kappa shape index (κ2) is 7.23. The third-order valence-corrected chi connectivity index (χ3v) is 3.21. The van der Waals surface area contributed by atoms with Gasteiger partial charge in [-0.3, -0.25) is 9.00 Å². The van der Waals surface area contributed by atoms with Crippen molar-refractivity contribution >= 4 is 22.4 Å². The minimum Gasteiger partial charge on any atom is -0.322 e. The summed E-state index contributed by atoms with van der Waals surface area (Å²) in [6, 6.07) is 5.96. The van der Waals surface area contributed by atoms with Crippen LogP contribution in [0.25, 0.3) is 0 Å². The molecule has 0 bridgehead atoms. The summed E-state index contributed by atoms with van der Waals surface area (Å²) in [7, 11) is -0.906. The zero-order valence-electron chi connectivity index (χ0n) is 10.4. The molecule has 2 unspecified atom stereocenters. The minimum absolute atomic E-state index is 0.0257. The molecule has 0 aliphatic rings. The van der Waals surface area contributed by atoms with Crippen LogP contribution in [0.3, 0.4) is 0 Å². The zero-order valence-corrected chi connectivity index (χ0v) is 11.2. The van der Waals surface area contributed by atoms with E-state index in [1.165, 1.54) is 12.1 Å². The summed E-state index contributed by atoms with van der Waals surface area (Å²) < 4.78 is 24.2. The van der Waals surface area contributed by atoms with Crippen molar-refractivity contribution in [1.29, 1.82) is 0 Å². The van der Waals surface area contributed by atoms with Gasteiger partial charge >= 0.3 is 0 Å². The molecule has 1 aromatic carbocycles. The molecule has 0 aliphatic heterocycles. The molecule has 0 spiro atoms. The molecule has 0 heterocycles. The van der Waals surface area contributed by atoms with Crippen LogP contribution in [-0.4, -0.2) is 34.7 Å². The second-order valence-electron chi connectivity index (χ2n) is 4.05. The highest BCUT2D eigenvalue weighted by Gasteiger charge is 2.08. The van der Waals surface area contributed by atoms with Gasteiger partial charge in [0.15, 0.2) is 0 Å². The topological polar surface area (TPSA) is 58.2 Å². The van der Waals surface area contributed by atoms with Gasteiger partial charge in [0.2, 0.25) is 5.91 Å². The Morgan fingerprint density at radius 1 is 1.44 bits per heavy atom. The first-order valence-corrected chi connectivity index (χ1v) is 7.29. The van der Waals surface area contributed by atoms with Gasteiger partial charge in [0.25, 0.3) is 0 Å². The number of hydrogen-bond donors (Lipinski definition) is 2. The molecule has 0 fully saturated rings. The summed E-state index contributed by atoms with van der Waals surface area (Å²) >= 11 is 0. The summed E-state index contributed by atoms with van der Waals surface area (Å²) in [5.74, 6) is -0.310. The molecule has 4 nitrogen and oxygen atoms in total. The number of hydrogen-bond acceptors (Lipinski definition) is 3. The normalized spacial score (nSPS) is 13.9. The van der Waals surface area contributed by atoms with Gasteiger partial charge in [0, 0.05) is 28.9 Å². The third kappa shape index (κ3) is 5.37. The first-order valence-electron chi connectivity index (χ1n) is 5.57. The van der Waals surface area contributed by atoms with E-state index in [9.17, 15) is 13.4 Å². The number of para-hydroxylation sites is 1. The van der Waals surface area contributed by atoms with Gasteiger partial charge in [0.05, 0.1) is 12.2 Å². The van der Waals surface area contributed by atoms with Crippen molar-refractivity contribution in [3.63, 3.8) is 0 Å². The highest BCUT2D eigenvalue weighted by Crippen LogP contribution is 2.11. The third-order valence-electron chi connectivity index (χ3n) is 2.24. The Balaban J connectivity index is 2.39. The number of carbonyl (C=O) groups excluding carboxylic acids is 1. The lowest BCUT2D eigenvalue weighted by atomic mass is 10.3. The van der Waals surface area contributed by atoms with E-state index in [0.717, 1.165) is 0 Å². The molecule has 0 saturated heterocycles. The van der Waals surface area contributed by atoms with Crippen molar-refractivity contribution in [2.45, 2.75) is 13.0 Å². The lowest BCUT2D eigenvalue weighted by Crippen LogP contribution is -2.37. The number of carbonyl (C=O) groups is 1. The smallest absolute Gasteiger partial charge is 0.238 e. The largest absolute Gasteiger partial charge is 0.322 e. The lowest BCUT2D eigenvalue weighted by molar-refractivity contribution is -0.115. The van der Waals surface area contributed by atoms with Gasteiger partial charge < -0.3 is 10.6 Å². The molecule has 18 heavy (non-hydrogen) atoms. The SMILES string of the molecule is CC(CS(C)=O)NCC(=O)Nc1ccccc1F. The predicted octanol–water partition coefficient (Wildman–Crippen LogP) is 1.12. The van der Waals surface area contributed by atoms with Crippen LogP contribution < -0.4 is 10.6 Å². The van der Waals surface area contributed by atoms with Gasteiger partial charge in [-0.1, -0.05) is 12.1 Å². The Labute approximate surface area is 108 Å². The van der Waals surface area contributed by atoms with Crippen molar-refractivity contribution in [3.05, 3.63) is 30.1 Å². The van der Waals surface area contributed by atoms with Crippen LogP contribution in [0.1, 0.15) is 6.92 Å². The highest BCUT2D eigenvalue weighted by atomic mass is 32.2. The van der Waals surface area contributed by atoms with E-state index in [1.807, 2.05) is 6.92 Å². The van der Waals surface area contributed by atoms with Crippen LogP contribution in [0.2, 0.25) is 0 Å². The molecule has 2 atom stereocenters. The number of benzene rings is 1. The summed E-state index contributed by atoms with van der Waals surface area (Å²) in [6.45, 7) is 1.91. The first kappa shape index (κ1) is 14.8. The average Bonchev–Trinajstić information content (AvgIpc) is 2.29. The van der Waals surface area contributed by atoms with E-state index >= 15 is 0 Å². The van der Waals surface area contributed by atoms with E-state index in [4.69, 9.17) is 0 Å². The molecule has 0 radical (unpaired) electrons. The summed E-state index contributed by atoms with van der Waals surface area (Å²) in [6.07, 6.45) is 1.61. The average molecular weight is 272 g/mol. The van der Waals surface area contributed by atoms with E-state index in [0.29, 0.717) is 5.75 Å². The van der Waals surface area contributed by atoms with Gasteiger partial charge in [-0.2, -0.15) is 0 Å². The molecule has 1 amide bonds. The Bertz CT molecular complexity index is 440. The van der Waals surface area contributed by atoms with Crippen LogP contribution in [0.4, 0.5) is 10.1 Å².